The highest BCUT2D eigenvalue weighted by Crippen LogP contribution is 2.20. The Labute approximate surface area is 121 Å². The Morgan fingerprint density at radius 2 is 1.95 bits per heavy atom. The molecule has 0 aliphatic carbocycles. The van der Waals surface area contributed by atoms with Crippen LogP contribution in [-0.2, 0) is 11.8 Å². The summed E-state index contributed by atoms with van der Waals surface area (Å²) < 4.78 is 1.44. The molecular weight excluding hydrogens is 270 g/mol. The van der Waals surface area contributed by atoms with Crippen LogP contribution in [0.1, 0.15) is 33.2 Å². The monoisotopic (exact) mass is 285 g/mol. The van der Waals surface area contributed by atoms with Gasteiger partial charge in [-0.2, -0.15) is 5.10 Å². The number of nitrogens with zero attached hydrogens (tertiary/aromatic N) is 2. The van der Waals surface area contributed by atoms with E-state index in [0.29, 0.717) is 11.3 Å². The molecule has 0 saturated heterocycles. The summed E-state index contributed by atoms with van der Waals surface area (Å²) in [5, 5.41) is 6.34. The van der Waals surface area contributed by atoms with Crippen LogP contribution in [0, 0.1) is 6.92 Å². The molecule has 1 aromatic carbocycles. The Hall–Kier alpha value is -2.76. The lowest BCUT2D eigenvalue weighted by molar-refractivity contribution is -0.112. The van der Waals surface area contributed by atoms with Gasteiger partial charge >= 0.3 is 0 Å². The van der Waals surface area contributed by atoms with E-state index >= 15 is 0 Å². The smallest absolute Gasteiger partial charge is 0.296 e. The molecule has 1 amide bonds. The quantitative estimate of drug-likeness (QED) is 0.685. The summed E-state index contributed by atoms with van der Waals surface area (Å²) in [6, 6.07) is 5.08. The summed E-state index contributed by atoms with van der Waals surface area (Å²) >= 11 is 0. The van der Waals surface area contributed by atoms with Crippen molar-refractivity contribution >= 4 is 23.2 Å². The predicted molar refractivity (Wildman–Crippen MR) is 77.4 cm³/mol. The molecule has 0 atom stereocenters. The molecule has 2 rings (SSSR count). The average Bonchev–Trinajstić information content (AvgIpc) is 2.84. The van der Waals surface area contributed by atoms with Gasteiger partial charge in [-0.05, 0) is 25.5 Å². The third kappa shape index (κ3) is 3.05. The van der Waals surface area contributed by atoms with Crippen molar-refractivity contribution in [1.29, 1.82) is 0 Å². The van der Waals surface area contributed by atoms with Crippen molar-refractivity contribution in [2.24, 2.45) is 7.05 Å². The van der Waals surface area contributed by atoms with Crippen molar-refractivity contribution in [3.8, 4) is 0 Å². The van der Waals surface area contributed by atoms with Crippen LogP contribution in [0.4, 0.5) is 5.69 Å². The maximum absolute atomic E-state index is 12.0. The second-order valence-electron chi connectivity index (χ2n) is 4.74. The highest BCUT2D eigenvalue weighted by Gasteiger charge is 2.20. The fourth-order valence-electron chi connectivity index (χ4n) is 2.09. The number of benzene rings is 1. The normalized spacial score (nSPS) is 10.2. The average molecular weight is 285 g/mol. The van der Waals surface area contributed by atoms with Crippen molar-refractivity contribution in [2.45, 2.75) is 13.8 Å². The second kappa shape index (κ2) is 5.70. The molecule has 0 spiro atoms. The molecule has 2 aromatic rings. The van der Waals surface area contributed by atoms with E-state index in [0.717, 1.165) is 5.56 Å². The van der Waals surface area contributed by atoms with Gasteiger partial charge in [0, 0.05) is 18.8 Å². The van der Waals surface area contributed by atoms with Crippen molar-refractivity contribution < 1.29 is 14.4 Å². The predicted octanol–water partition coefficient (Wildman–Crippen LogP) is 1.75. The van der Waals surface area contributed by atoms with Gasteiger partial charge in [-0.25, -0.2) is 0 Å². The molecule has 6 nitrogen and oxygen atoms in total. The summed E-state index contributed by atoms with van der Waals surface area (Å²) in [6.45, 7) is 3.19. The molecule has 108 valence electrons. The van der Waals surface area contributed by atoms with Gasteiger partial charge in [0.2, 0.25) is 0 Å². The zero-order valence-electron chi connectivity index (χ0n) is 12.0. The number of aryl methyl sites for hydroxylation is 2. The van der Waals surface area contributed by atoms with Crippen molar-refractivity contribution in [3.63, 3.8) is 0 Å². The third-order valence-electron chi connectivity index (χ3n) is 3.05. The maximum atomic E-state index is 12.0. The van der Waals surface area contributed by atoms with Gasteiger partial charge in [0.15, 0.2) is 5.78 Å². The number of aromatic nitrogens is 2. The number of ketones is 2. The molecule has 0 aliphatic rings. The van der Waals surface area contributed by atoms with E-state index in [1.165, 1.54) is 24.0 Å². The van der Waals surface area contributed by atoms with Crippen LogP contribution >= 0.6 is 0 Å². The highest BCUT2D eigenvalue weighted by molar-refractivity contribution is 6.46. The molecule has 6 heteroatoms. The summed E-state index contributed by atoms with van der Waals surface area (Å²) in [4.78, 5) is 35.6. The summed E-state index contributed by atoms with van der Waals surface area (Å²) in [5.41, 5.74) is 1.69. The number of Topliss-reactive ketones (excluding diaryl/α,β-unsaturated/α-hetero) is 2. The van der Waals surface area contributed by atoms with Crippen molar-refractivity contribution in [3.05, 3.63) is 47.3 Å². The van der Waals surface area contributed by atoms with Crippen LogP contribution in [0.3, 0.4) is 0 Å². The lowest BCUT2D eigenvalue weighted by Crippen LogP contribution is -2.23. The first kappa shape index (κ1) is 14.6. The Bertz CT molecular complexity index is 732. The van der Waals surface area contributed by atoms with Crippen molar-refractivity contribution in [1.82, 2.24) is 9.78 Å². The number of nitrogens with one attached hydrogen (secondary N) is 1. The van der Waals surface area contributed by atoms with E-state index in [1.54, 1.807) is 32.2 Å². The number of carbonyl (C=O) groups is 3. The minimum atomic E-state index is -0.795. The van der Waals surface area contributed by atoms with E-state index in [1.807, 2.05) is 0 Å². The van der Waals surface area contributed by atoms with Gasteiger partial charge < -0.3 is 5.32 Å². The first-order valence-electron chi connectivity index (χ1n) is 6.35. The maximum Gasteiger partial charge on any atom is 0.296 e. The Kier molecular flexibility index (Phi) is 3.98. The van der Waals surface area contributed by atoms with Gasteiger partial charge in [0.05, 0.1) is 17.4 Å². The van der Waals surface area contributed by atoms with Crippen LogP contribution in [0.25, 0.3) is 0 Å². The van der Waals surface area contributed by atoms with Gasteiger partial charge in [-0.1, -0.05) is 12.1 Å². The molecule has 21 heavy (non-hydrogen) atoms. The molecule has 1 N–H and O–H groups in total. The molecule has 0 bridgehead atoms. The largest absolute Gasteiger partial charge is 0.318 e. The Morgan fingerprint density at radius 1 is 1.24 bits per heavy atom. The molecule has 0 aliphatic heterocycles. The number of hydrogen-bond donors (Lipinski definition) is 1. The summed E-state index contributed by atoms with van der Waals surface area (Å²) in [6.07, 6.45) is 2.79. The summed E-state index contributed by atoms with van der Waals surface area (Å²) in [7, 11) is 1.66. The van der Waals surface area contributed by atoms with Gasteiger partial charge in [0.25, 0.3) is 11.7 Å². The first-order valence-corrected chi connectivity index (χ1v) is 6.35. The van der Waals surface area contributed by atoms with E-state index in [4.69, 9.17) is 0 Å². The number of hydrogen-bond acceptors (Lipinski definition) is 4. The topological polar surface area (TPSA) is 81.1 Å². The molecule has 0 saturated carbocycles. The highest BCUT2D eigenvalue weighted by atomic mass is 16.2. The third-order valence-corrected chi connectivity index (χ3v) is 3.05. The van der Waals surface area contributed by atoms with Crippen LogP contribution in [0.2, 0.25) is 0 Å². The number of anilines is 1. The van der Waals surface area contributed by atoms with Crippen LogP contribution in [0.5, 0.6) is 0 Å². The van der Waals surface area contributed by atoms with Crippen LogP contribution in [-0.4, -0.2) is 27.3 Å². The van der Waals surface area contributed by atoms with Gasteiger partial charge in [-0.3, -0.25) is 19.1 Å². The minimum Gasteiger partial charge on any atom is -0.318 e. The zero-order chi connectivity index (χ0) is 15.6. The Balaban J connectivity index is 2.26. The van der Waals surface area contributed by atoms with E-state index in [2.05, 4.69) is 10.4 Å². The zero-order valence-corrected chi connectivity index (χ0v) is 12.0. The lowest BCUT2D eigenvalue weighted by atomic mass is 10.0. The number of carbonyl (C=O) groups excluding carboxylic acids is 3. The molecule has 0 fully saturated rings. The SMILES string of the molecule is CC(=O)c1c(C)cccc1NC(=O)C(=O)c1cnn(C)c1. The van der Waals surface area contributed by atoms with E-state index in [-0.39, 0.29) is 11.3 Å². The van der Waals surface area contributed by atoms with Gasteiger partial charge in [0.1, 0.15) is 0 Å². The van der Waals surface area contributed by atoms with Crippen LogP contribution in [0.15, 0.2) is 30.6 Å². The first-order chi connectivity index (χ1) is 9.90. The number of amides is 1. The molecule has 1 heterocycles. The molecule has 0 unspecified atom stereocenters. The molecule has 0 radical (unpaired) electrons. The molecule has 1 aromatic heterocycles. The second-order valence-corrected chi connectivity index (χ2v) is 4.74. The van der Waals surface area contributed by atoms with E-state index in [9.17, 15) is 14.4 Å². The van der Waals surface area contributed by atoms with Crippen LogP contribution < -0.4 is 5.32 Å². The standard InChI is InChI=1S/C15H15N3O3/c1-9-5-4-6-12(13(9)10(2)19)17-15(21)14(20)11-7-16-18(3)8-11/h4-8H,1-3H3,(H,17,21). The summed E-state index contributed by atoms with van der Waals surface area (Å²) in [5.74, 6) is -1.66. The molecular formula is C15H15N3O3. The fraction of sp³-hybridized carbons (Fsp3) is 0.200. The minimum absolute atomic E-state index is 0.169. The Morgan fingerprint density at radius 3 is 2.52 bits per heavy atom. The number of rotatable bonds is 4. The van der Waals surface area contributed by atoms with Crippen molar-refractivity contribution in [2.75, 3.05) is 5.32 Å². The fourth-order valence-corrected chi connectivity index (χ4v) is 2.09. The van der Waals surface area contributed by atoms with E-state index < -0.39 is 11.7 Å². The lowest BCUT2D eigenvalue weighted by Gasteiger charge is -2.10. The van der Waals surface area contributed by atoms with Gasteiger partial charge in [-0.15, -0.1) is 0 Å².